The molecule has 0 aliphatic carbocycles. The molecule has 2 aromatic rings. The molecule has 1 aromatic heterocycles. The first-order chi connectivity index (χ1) is 12.2. The minimum Gasteiger partial charge on any atom is -0.481 e. The number of hydrogen-bond donors (Lipinski definition) is 1. The molecule has 1 N–H and O–H groups in total. The van der Waals surface area contributed by atoms with Crippen LogP contribution in [0.4, 0.5) is 14.7 Å². The molecule has 8 heteroatoms. The number of anilines is 1. The number of benzene rings is 1. The van der Waals surface area contributed by atoms with Gasteiger partial charge in [-0.25, -0.2) is 13.8 Å². The average molecular weight is 350 g/mol. The van der Waals surface area contributed by atoms with Crippen LogP contribution in [0.1, 0.15) is 11.3 Å². The number of methoxy groups -OCH3 is 1. The number of halogens is 2. The highest BCUT2D eigenvalue weighted by atomic mass is 19.1. The van der Waals surface area contributed by atoms with Gasteiger partial charge in [-0.15, -0.1) is 0 Å². The van der Waals surface area contributed by atoms with Crippen molar-refractivity contribution in [1.82, 2.24) is 15.3 Å². The molecule has 0 amide bonds. The van der Waals surface area contributed by atoms with Gasteiger partial charge >= 0.3 is 0 Å². The van der Waals surface area contributed by atoms with E-state index in [-0.39, 0.29) is 18.8 Å². The zero-order valence-corrected chi connectivity index (χ0v) is 14.0. The summed E-state index contributed by atoms with van der Waals surface area (Å²) in [6, 6.07) is 5.39. The van der Waals surface area contributed by atoms with Crippen LogP contribution in [-0.4, -0.2) is 43.3 Å². The predicted octanol–water partition coefficient (Wildman–Crippen LogP) is 1.89. The Bertz CT molecular complexity index is 704. The summed E-state index contributed by atoms with van der Waals surface area (Å²) in [6.45, 7) is 3.25. The third-order valence-corrected chi connectivity index (χ3v) is 3.91. The van der Waals surface area contributed by atoms with Crippen molar-refractivity contribution in [3.63, 3.8) is 0 Å². The summed E-state index contributed by atoms with van der Waals surface area (Å²) in [5, 5.41) is 3.27. The van der Waals surface area contributed by atoms with Crippen LogP contribution in [0.15, 0.2) is 24.3 Å². The van der Waals surface area contributed by atoms with Crippen molar-refractivity contribution in [1.29, 1.82) is 0 Å². The first kappa shape index (κ1) is 17.5. The van der Waals surface area contributed by atoms with Crippen molar-refractivity contribution in [2.24, 2.45) is 0 Å². The molecule has 1 aliphatic heterocycles. The second kappa shape index (κ2) is 8.17. The van der Waals surface area contributed by atoms with Gasteiger partial charge in [0.15, 0.2) is 0 Å². The van der Waals surface area contributed by atoms with Crippen molar-refractivity contribution in [3.8, 4) is 5.88 Å². The number of hydrogen-bond acceptors (Lipinski definition) is 6. The van der Waals surface area contributed by atoms with Crippen LogP contribution < -0.4 is 15.0 Å². The summed E-state index contributed by atoms with van der Waals surface area (Å²) >= 11 is 0. The summed E-state index contributed by atoms with van der Waals surface area (Å²) in [5.74, 6) is -0.251. The molecule has 0 unspecified atom stereocenters. The van der Waals surface area contributed by atoms with Gasteiger partial charge in [-0.2, -0.15) is 4.98 Å². The van der Waals surface area contributed by atoms with E-state index < -0.39 is 11.6 Å². The molecule has 0 saturated carbocycles. The van der Waals surface area contributed by atoms with E-state index in [0.717, 1.165) is 26.2 Å². The monoisotopic (exact) mass is 350 g/mol. The highest BCUT2D eigenvalue weighted by molar-refractivity contribution is 5.35. The molecular formula is C17H20F2N4O2. The molecule has 1 fully saturated rings. The van der Waals surface area contributed by atoms with Crippen LogP contribution >= 0.6 is 0 Å². The minimum atomic E-state index is -0.623. The maximum absolute atomic E-state index is 13.6. The smallest absolute Gasteiger partial charge is 0.229 e. The normalized spacial score (nSPS) is 14.6. The number of nitrogens with zero attached hydrogens (tertiary/aromatic N) is 3. The van der Waals surface area contributed by atoms with Crippen LogP contribution in [0.3, 0.4) is 0 Å². The average Bonchev–Trinajstić information content (AvgIpc) is 2.64. The Kier molecular flexibility index (Phi) is 5.72. The summed E-state index contributed by atoms with van der Waals surface area (Å²) in [5.41, 5.74) is 0.503. The minimum absolute atomic E-state index is 0.0918. The van der Waals surface area contributed by atoms with E-state index in [1.165, 1.54) is 25.3 Å². The molecule has 25 heavy (non-hydrogen) atoms. The van der Waals surface area contributed by atoms with Crippen LogP contribution in [0.25, 0.3) is 0 Å². The Hall–Kier alpha value is -2.32. The summed E-state index contributed by atoms with van der Waals surface area (Å²) in [6.07, 6.45) is 0. The van der Waals surface area contributed by atoms with E-state index in [0.29, 0.717) is 17.5 Å². The lowest BCUT2D eigenvalue weighted by Crippen LogP contribution is -2.44. The molecule has 0 atom stereocenters. The molecule has 134 valence electrons. The number of piperazine rings is 1. The number of nitrogens with one attached hydrogen (secondary N) is 1. The second-order valence-corrected chi connectivity index (χ2v) is 5.63. The topological polar surface area (TPSA) is 59.5 Å². The Balaban J connectivity index is 1.69. The number of rotatable bonds is 6. The second-order valence-electron chi connectivity index (χ2n) is 5.63. The lowest BCUT2D eigenvalue weighted by Gasteiger charge is -2.27. The molecule has 1 aliphatic rings. The van der Waals surface area contributed by atoms with E-state index in [9.17, 15) is 8.78 Å². The molecule has 3 rings (SSSR count). The van der Waals surface area contributed by atoms with Crippen LogP contribution in [0, 0.1) is 11.6 Å². The van der Waals surface area contributed by atoms with Gasteiger partial charge in [-0.05, 0) is 12.1 Å². The molecule has 1 aromatic carbocycles. The highest BCUT2D eigenvalue weighted by Gasteiger charge is 2.16. The van der Waals surface area contributed by atoms with Crippen LogP contribution in [-0.2, 0) is 18.0 Å². The first-order valence-electron chi connectivity index (χ1n) is 8.05. The standard InChI is InChI=1S/C17H20F2N4O2/c1-24-16-9-12(21-17(22-16)23-7-5-20-6-8-23)10-25-11-13-14(18)3-2-4-15(13)19/h2-4,9,20H,5-8,10-11H2,1H3. The molecule has 0 radical (unpaired) electrons. The van der Waals surface area contributed by atoms with Gasteiger partial charge in [0.2, 0.25) is 11.8 Å². The maximum Gasteiger partial charge on any atom is 0.229 e. The van der Waals surface area contributed by atoms with E-state index in [4.69, 9.17) is 9.47 Å². The highest BCUT2D eigenvalue weighted by Crippen LogP contribution is 2.18. The number of ether oxygens (including phenoxy) is 2. The predicted molar refractivity (Wildman–Crippen MR) is 88.5 cm³/mol. The van der Waals surface area contributed by atoms with Gasteiger partial charge in [0.05, 0.1) is 26.0 Å². The van der Waals surface area contributed by atoms with Crippen molar-refractivity contribution in [2.75, 3.05) is 38.2 Å². The Morgan fingerprint density at radius 3 is 2.52 bits per heavy atom. The fraction of sp³-hybridized carbons (Fsp3) is 0.412. The van der Waals surface area contributed by atoms with Crippen LogP contribution in [0.2, 0.25) is 0 Å². The largest absolute Gasteiger partial charge is 0.481 e. The fourth-order valence-electron chi connectivity index (χ4n) is 2.57. The van der Waals surface area contributed by atoms with Gasteiger partial charge < -0.3 is 19.7 Å². The molecule has 6 nitrogen and oxygen atoms in total. The molecular weight excluding hydrogens is 330 g/mol. The van der Waals surface area contributed by atoms with Gasteiger partial charge in [-0.3, -0.25) is 0 Å². The lowest BCUT2D eigenvalue weighted by atomic mass is 10.2. The lowest BCUT2D eigenvalue weighted by molar-refractivity contribution is 0.0994. The zero-order valence-electron chi connectivity index (χ0n) is 14.0. The molecule has 1 saturated heterocycles. The van der Waals surface area contributed by atoms with Crippen molar-refractivity contribution >= 4 is 5.95 Å². The quantitative estimate of drug-likeness (QED) is 0.859. The van der Waals surface area contributed by atoms with Crippen molar-refractivity contribution < 1.29 is 18.3 Å². The number of aromatic nitrogens is 2. The summed E-state index contributed by atoms with van der Waals surface area (Å²) in [7, 11) is 1.53. The summed E-state index contributed by atoms with van der Waals surface area (Å²) < 4.78 is 37.9. The van der Waals surface area contributed by atoms with E-state index in [2.05, 4.69) is 20.2 Å². The molecule has 2 heterocycles. The van der Waals surface area contributed by atoms with Crippen LogP contribution in [0.5, 0.6) is 5.88 Å². The SMILES string of the molecule is COc1cc(COCc2c(F)cccc2F)nc(N2CCNCC2)n1. The van der Waals surface area contributed by atoms with Gasteiger partial charge in [0.25, 0.3) is 0 Å². The fourth-order valence-corrected chi connectivity index (χ4v) is 2.57. The van der Waals surface area contributed by atoms with Gasteiger partial charge in [-0.1, -0.05) is 6.07 Å². The van der Waals surface area contributed by atoms with Gasteiger partial charge in [0, 0.05) is 37.8 Å². The Morgan fingerprint density at radius 2 is 1.84 bits per heavy atom. The Morgan fingerprint density at radius 1 is 1.12 bits per heavy atom. The Labute approximate surface area is 144 Å². The zero-order chi connectivity index (χ0) is 17.6. The van der Waals surface area contributed by atoms with Gasteiger partial charge in [0.1, 0.15) is 11.6 Å². The van der Waals surface area contributed by atoms with Crippen molar-refractivity contribution in [3.05, 3.63) is 47.2 Å². The third-order valence-electron chi connectivity index (χ3n) is 3.91. The maximum atomic E-state index is 13.6. The first-order valence-corrected chi connectivity index (χ1v) is 8.05. The van der Waals surface area contributed by atoms with E-state index in [1.807, 2.05) is 0 Å². The third kappa shape index (κ3) is 4.40. The van der Waals surface area contributed by atoms with E-state index in [1.54, 1.807) is 6.07 Å². The molecule has 0 bridgehead atoms. The van der Waals surface area contributed by atoms with E-state index >= 15 is 0 Å². The summed E-state index contributed by atoms with van der Waals surface area (Å²) in [4.78, 5) is 10.9. The molecule has 0 spiro atoms. The van der Waals surface area contributed by atoms with Crippen molar-refractivity contribution in [2.45, 2.75) is 13.2 Å².